The van der Waals surface area contributed by atoms with Crippen LogP contribution in [0.4, 0.5) is 11.4 Å². The fourth-order valence-corrected chi connectivity index (χ4v) is 2.11. The van der Waals surface area contributed by atoms with E-state index in [0.717, 1.165) is 15.6 Å². The fraction of sp³-hybridized carbons (Fsp3) is 0.0909. The van der Waals surface area contributed by atoms with Gasteiger partial charge in [0.1, 0.15) is 5.76 Å². The standard InChI is InChI=1S/C11H12N2OS/c1-7-11(4-5-14-7)15-8-2-3-9(12)10(13)6-8/h2-6H,12-13H2,1H3. The maximum absolute atomic E-state index is 5.73. The molecule has 4 heteroatoms. The van der Waals surface area contributed by atoms with Crippen LogP contribution in [0, 0.1) is 6.92 Å². The minimum atomic E-state index is 0.612. The van der Waals surface area contributed by atoms with E-state index < -0.39 is 0 Å². The molecule has 2 rings (SSSR count). The zero-order chi connectivity index (χ0) is 10.8. The molecule has 1 aromatic heterocycles. The van der Waals surface area contributed by atoms with Crippen molar-refractivity contribution in [1.82, 2.24) is 0 Å². The second kappa shape index (κ2) is 3.90. The summed E-state index contributed by atoms with van der Waals surface area (Å²) in [6.07, 6.45) is 1.68. The van der Waals surface area contributed by atoms with Crippen LogP contribution in [-0.4, -0.2) is 0 Å². The number of furan rings is 1. The number of nitrogens with two attached hydrogens (primary N) is 2. The highest BCUT2D eigenvalue weighted by atomic mass is 32.2. The molecule has 0 spiro atoms. The lowest BCUT2D eigenvalue weighted by atomic mass is 10.3. The van der Waals surface area contributed by atoms with Crippen molar-refractivity contribution in [3.63, 3.8) is 0 Å². The minimum Gasteiger partial charge on any atom is -0.468 e. The number of nitrogen functional groups attached to an aromatic ring is 2. The lowest BCUT2D eigenvalue weighted by Gasteiger charge is -2.03. The molecule has 0 aliphatic carbocycles. The zero-order valence-corrected chi connectivity index (χ0v) is 9.17. The molecule has 78 valence electrons. The molecule has 0 aliphatic heterocycles. The van der Waals surface area contributed by atoms with Crippen LogP contribution >= 0.6 is 11.8 Å². The van der Waals surface area contributed by atoms with Crippen molar-refractivity contribution in [3.05, 3.63) is 36.3 Å². The molecule has 0 saturated carbocycles. The molecule has 0 saturated heterocycles. The van der Waals surface area contributed by atoms with E-state index in [1.807, 2.05) is 31.2 Å². The Kier molecular flexibility index (Phi) is 2.60. The molecule has 0 bridgehead atoms. The van der Waals surface area contributed by atoms with Gasteiger partial charge in [-0.25, -0.2) is 0 Å². The van der Waals surface area contributed by atoms with Crippen LogP contribution in [0.2, 0.25) is 0 Å². The smallest absolute Gasteiger partial charge is 0.114 e. The Morgan fingerprint density at radius 1 is 1.13 bits per heavy atom. The normalized spacial score (nSPS) is 10.5. The third kappa shape index (κ3) is 2.10. The highest BCUT2D eigenvalue weighted by Gasteiger charge is 2.04. The van der Waals surface area contributed by atoms with Crippen molar-refractivity contribution in [2.45, 2.75) is 16.7 Å². The first-order valence-electron chi connectivity index (χ1n) is 4.54. The summed E-state index contributed by atoms with van der Waals surface area (Å²) >= 11 is 1.61. The first-order chi connectivity index (χ1) is 7.16. The third-order valence-corrected chi connectivity index (χ3v) is 3.23. The first kappa shape index (κ1) is 9.98. The molecule has 0 unspecified atom stereocenters. The Balaban J connectivity index is 2.25. The van der Waals surface area contributed by atoms with Crippen molar-refractivity contribution in [2.75, 3.05) is 11.5 Å². The summed E-state index contributed by atoms with van der Waals surface area (Å²) in [6.45, 7) is 1.93. The fourth-order valence-electron chi connectivity index (χ4n) is 1.22. The van der Waals surface area contributed by atoms with Gasteiger partial charge in [-0.1, -0.05) is 11.8 Å². The van der Waals surface area contributed by atoms with Crippen LogP contribution < -0.4 is 11.5 Å². The Bertz CT molecular complexity index is 479. The van der Waals surface area contributed by atoms with Gasteiger partial charge >= 0.3 is 0 Å². The van der Waals surface area contributed by atoms with E-state index in [2.05, 4.69) is 0 Å². The Morgan fingerprint density at radius 3 is 2.53 bits per heavy atom. The predicted molar refractivity (Wildman–Crippen MR) is 62.8 cm³/mol. The quantitative estimate of drug-likeness (QED) is 0.764. The van der Waals surface area contributed by atoms with Gasteiger partial charge in [-0.3, -0.25) is 0 Å². The molecular weight excluding hydrogens is 208 g/mol. The molecule has 0 fully saturated rings. The Labute approximate surface area is 92.5 Å². The molecule has 15 heavy (non-hydrogen) atoms. The topological polar surface area (TPSA) is 65.2 Å². The number of hydrogen-bond acceptors (Lipinski definition) is 4. The van der Waals surface area contributed by atoms with Crippen molar-refractivity contribution in [3.8, 4) is 0 Å². The van der Waals surface area contributed by atoms with Crippen molar-refractivity contribution in [1.29, 1.82) is 0 Å². The van der Waals surface area contributed by atoms with Crippen molar-refractivity contribution in [2.24, 2.45) is 0 Å². The molecule has 0 atom stereocenters. The second-order valence-electron chi connectivity index (χ2n) is 3.23. The second-order valence-corrected chi connectivity index (χ2v) is 4.35. The maximum Gasteiger partial charge on any atom is 0.114 e. The van der Waals surface area contributed by atoms with Crippen LogP contribution in [0.15, 0.2) is 44.7 Å². The monoisotopic (exact) mass is 220 g/mol. The lowest BCUT2D eigenvalue weighted by molar-refractivity contribution is 0.527. The SMILES string of the molecule is Cc1occc1Sc1ccc(N)c(N)c1. The molecule has 4 N–H and O–H groups in total. The predicted octanol–water partition coefficient (Wildman–Crippen LogP) is 2.90. The number of benzene rings is 1. The van der Waals surface area contributed by atoms with Crippen LogP contribution in [0.5, 0.6) is 0 Å². The Hall–Kier alpha value is -1.55. The number of hydrogen-bond donors (Lipinski definition) is 2. The van der Waals surface area contributed by atoms with Crippen LogP contribution in [0.1, 0.15) is 5.76 Å². The average molecular weight is 220 g/mol. The largest absolute Gasteiger partial charge is 0.468 e. The number of anilines is 2. The summed E-state index contributed by atoms with van der Waals surface area (Å²) in [7, 11) is 0. The molecule has 0 radical (unpaired) electrons. The van der Waals surface area contributed by atoms with E-state index in [4.69, 9.17) is 15.9 Å². The summed E-state index contributed by atoms with van der Waals surface area (Å²) in [5, 5.41) is 0. The zero-order valence-electron chi connectivity index (χ0n) is 8.36. The van der Waals surface area contributed by atoms with Crippen LogP contribution in [0.3, 0.4) is 0 Å². The van der Waals surface area contributed by atoms with E-state index in [9.17, 15) is 0 Å². The van der Waals surface area contributed by atoms with Crippen LogP contribution in [0.25, 0.3) is 0 Å². The summed E-state index contributed by atoms with van der Waals surface area (Å²) in [5.74, 6) is 0.912. The van der Waals surface area contributed by atoms with Gasteiger partial charge in [-0.15, -0.1) is 0 Å². The minimum absolute atomic E-state index is 0.612. The molecule has 0 aliphatic rings. The van der Waals surface area contributed by atoms with Gasteiger partial charge in [0, 0.05) is 4.90 Å². The molecular formula is C11H12N2OS. The number of aryl methyl sites for hydroxylation is 1. The number of rotatable bonds is 2. The molecule has 1 heterocycles. The highest BCUT2D eigenvalue weighted by molar-refractivity contribution is 7.99. The van der Waals surface area contributed by atoms with Gasteiger partial charge in [-0.05, 0) is 31.2 Å². The molecule has 2 aromatic rings. The lowest BCUT2D eigenvalue weighted by Crippen LogP contribution is -1.93. The van der Waals surface area contributed by atoms with Gasteiger partial charge in [0.2, 0.25) is 0 Å². The first-order valence-corrected chi connectivity index (χ1v) is 5.35. The van der Waals surface area contributed by atoms with Gasteiger partial charge in [0.05, 0.1) is 22.5 Å². The van der Waals surface area contributed by atoms with Crippen molar-refractivity contribution < 1.29 is 4.42 Å². The van der Waals surface area contributed by atoms with E-state index in [0.29, 0.717) is 11.4 Å². The van der Waals surface area contributed by atoms with Crippen molar-refractivity contribution >= 4 is 23.1 Å². The van der Waals surface area contributed by atoms with E-state index in [1.54, 1.807) is 18.0 Å². The molecule has 3 nitrogen and oxygen atoms in total. The Morgan fingerprint density at radius 2 is 1.93 bits per heavy atom. The van der Waals surface area contributed by atoms with Gasteiger partial charge < -0.3 is 15.9 Å². The molecule has 0 amide bonds. The summed E-state index contributed by atoms with van der Waals surface area (Å²) in [6, 6.07) is 7.56. The highest BCUT2D eigenvalue weighted by Crippen LogP contribution is 2.32. The van der Waals surface area contributed by atoms with Gasteiger partial charge in [0.25, 0.3) is 0 Å². The summed E-state index contributed by atoms with van der Waals surface area (Å²) in [4.78, 5) is 2.16. The van der Waals surface area contributed by atoms with Gasteiger partial charge in [-0.2, -0.15) is 0 Å². The van der Waals surface area contributed by atoms with Gasteiger partial charge in [0.15, 0.2) is 0 Å². The maximum atomic E-state index is 5.73. The van der Waals surface area contributed by atoms with E-state index >= 15 is 0 Å². The summed E-state index contributed by atoms with van der Waals surface area (Å²) < 4.78 is 5.21. The molecule has 1 aromatic carbocycles. The van der Waals surface area contributed by atoms with E-state index in [-0.39, 0.29) is 0 Å². The van der Waals surface area contributed by atoms with Crippen LogP contribution in [-0.2, 0) is 0 Å². The summed E-state index contributed by atoms with van der Waals surface area (Å²) in [5.41, 5.74) is 12.6. The van der Waals surface area contributed by atoms with E-state index in [1.165, 1.54) is 0 Å². The average Bonchev–Trinajstić information content (AvgIpc) is 2.59. The third-order valence-electron chi connectivity index (χ3n) is 2.10.